The van der Waals surface area contributed by atoms with Crippen molar-refractivity contribution in [1.29, 1.82) is 0 Å². The summed E-state index contributed by atoms with van der Waals surface area (Å²) in [6, 6.07) is 9.21. The van der Waals surface area contributed by atoms with Crippen molar-refractivity contribution in [3.63, 3.8) is 0 Å². The molecule has 0 saturated carbocycles. The topological polar surface area (TPSA) is 76.1 Å². The summed E-state index contributed by atoms with van der Waals surface area (Å²) in [5, 5.41) is 5.93. The lowest BCUT2D eigenvalue weighted by Gasteiger charge is -2.14. The first-order valence-corrected chi connectivity index (χ1v) is 8.63. The molecule has 3 rings (SSSR count). The summed E-state index contributed by atoms with van der Waals surface area (Å²) in [4.78, 5) is 12.5. The van der Waals surface area contributed by atoms with Gasteiger partial charge in [0.15, 0.2) is 5.11 Å². The number of rotatable bonds is 3. The van der Waals surface area contributed by atoms with Gasteiger partial charge in [0.1, 0.15) is 16.8 Å². The Morgan fingerprint density at radius 1 is 1.16 bits per heavy atom. The second kappa shape index (κ2) is 7.12. The van der Waals surface area contributed by atoms with Crippen molar-refractivity contribution in [2.24, 2.45) is 0 Å². The van der Waals surface area contributed by atoms with Crippen LogP contribution in [0, 0.1) is 13.8 Å². The van der Waals surface area contributed by atoms with Gasteiger partial charge in [-0.1, -0.05) is 18.2 Å². The number of benzene rings is 2. The minimum Gasteiger partial charge on any atom is -0.496 e. The largest absolute Gasteiger partial charge is 0.496 e. The molecule has 1 heterocycles. The second-order valence-electron chi connectivity index (χ2n) is 5.45. The Bertz CT molecular complexity index is 968. The zero-order valence-corrected chi connectivity index (χ0v) is 15.5. The number of fused-ring (bicyclic) bond motifs is 1. The van der Waals surface area contributed by atoms with Gasteiger partial charge in [0.2, 0.25) is 0 Å². The first-order chi connectivity index (χ1) is 12.0. The molecule has 0 bridgehead atoms. The minimum absolute atomic E-state index is 0.192. The SMILES string of the molecule is COc1c(C)cccc1C(=O)NC(=S)Nc1c(C)ccc2nsnc12. The highest BCUT2D eigenvalue weighted by atomic mass is 32.1. The summed E-state index contributed by atoms with van der Waals surface area (Å²) >= 11 is 6.43. The molecule has 0 radical (unpaired) electrons. The van der Waals surface area contributed by atoms with Gasteiger partial charge in [-0.05, 0) is 49.3 Å². The van der Waals surface area contributed by atoms with E-state index < -0.39 is 0 Å². The van der Waals surface area contributed by atoms with E-state index in [9.17, 15) is 4.79 Å². The predicted octanol–water partition coefficient (Wildman–Crippen LogP) is 3.44. The maximum Gasteiger partial charge on any atom is 0.261 e. The summed E-state index contributed by atoms with van der Waals surface area (Å²) in [6.07, 6.45) is 0. The Morgan fingerprint density at radius 3 is 2.72 bits per heavy atom. The highest BCUT2D eigenvalue weighted by molar-refractivity contribution is 7.80. The Kier molecular flexibility index (Phi) is 4.91. The Hall–Kier alpha value is -2.58. The lowest BCUT2D eigenvalue weighted by molar-refractivity contribution is 0.0974. The molecule has 0 aliphatic heterocycles. The molecule has 6 nitrogen and oxygen atoms in total. The Labute approximate surface area is 154 Å². The van der Waals surface area contributed by atoms with Gasteiger partial charge in [0, 0.05) is 0 Å². The average molecular weight is 372 g/mol. The molecular weight excluding hydrogens is 356 g/mol. The van der Waals surface area contributed by atoms with E-state index in [1.165, 1.54) is 7.11 Å². The molecule has 0 atom stereocenters. The third-order valence-corrected chi connectivity index (χ3v) is 4.51. The molecule has 2 aromatic carbocycles. The molecule has 0 fully saturated rings. The van der Waals surface area contributed by atoms with Crippen molar-refractivity contribution in [2.45, 2.75) is 13.8 Å². The lowest BCUT2D eigenvalue weighted by Crippen LogP contribution is -2.34. The van der Waals surface area contributed by atoms with Gasteiger partial charge in [-0.25, -0.2) is 0 Å². The zero-order valence-electron chi connectivity index (χ0n) is 13.9. The number of aromatic nitrogens is 2. The second-order valence-corrected chi connectivity index (χ2v) is 6.39. The number of aryl methyl sites for hydroxylation is 2. The Morgan fingerprint density at radius 2 is 1.96 bits per heavy atom. The standard InChI is InChI=1S/C17H16N4O2S2/c1-9-7-8-12-14(21-25-20-12)13(9)18-17(24)19-16(22)11-6-4-5-10(2)15(11)23-3/h4-8H,1-3H3,(H2,18,19,22,24). The van der Waals surface area contributed by atoms with Gasteiger partial charge in [-0.3, -0.25) is 10.1 Å². The van der Waals surface area contributed by atoms with Crippen molar-refractivity contribution in [2.75, 3.05) is 12.4 Å². The number of methoxy groups -OCH3 is 1. The first kappa shape index (κ1) is 17.2. The van der Waals surface area contributed by atoms with E-state index in [2.05, 4.69) is 19.4 Å². The molecule has 128 valence electrons. The van der Waals surface area contributed by atoms with Crippen LogP contribution in [-0.4, -0.2) is 26.9 Å². The number of para-hydroxylation sites is 1. The Balaban J connectivity index is 1.81. The monoisotopic (exact) mass is 372 g/mol. The highest BCUT2D eigenvalue weighted by Crippen LogP contribution is 2.26. The molecule has 0 spiro atoms. The molecule has 0 aliphatic carbocycles. The van der Waals surface area contributed by atoms with Crippen LogP contribution < -0.4 is 15.4 Å². The van der Waals surface area contributed by atoms with Crippen LogP contribution in [0.3, 0.4) is 0 Å². The van der Waals surface area contributed by atoms with Gasteiger partial charge in [0.05, 0.1) is 30.1 Å². The van der Waals surface area contributed by atoms with Crippen molar-refractivity contribution in [1.82, 2.24) is 14.1 Å². The molecule has 8 heteroatoms. The molecule has 3 aromatic rings. The molecule has 1 aromatic heterocycles. The number of hydrogen-bond donors (Lipinski definition) is 2. The number of nitrogens with one attached hydrogen (secondary N) is 2. The van der Waals surface area contributed by atoms with Crippen LogP contribution in [0.25, 0.3) is 11.0 Å². The first-order valence-electron chi connectivity index (χ1n) is 7.49. The number of amides is 1. The van der Waals surface area contributed by atoms with E-state index >= 15 is 0 Å². The number of carbonyl (C=O) groups is 1. The number of hydrogen-bond acceptors (Lipinski definition) is 6. The average Bonchev–Trinajstić information content (AvgIpc) is 3.06. The van der Waals surface area contributed by atoms with Gasteiger partial charge in [-0.15, -0.1) is 0 Å². The minimum atomic E-state index is -0.334. The van der Waals surface area contributed by atoms with E-state index in [4.69, 9.17) is 17.0 Å². The number of ether oxygens (including phenoxy) is 1. The van der Waals surface area contributed by atoms with E-state index in [0.717, 1.165) is 39.6 Å². The van der Waals surface area contributed by atoms with Crippen molar-refractivity contribution in [3.05, 3.63) is 47.0 Å². The van der Waals surface area contributed by atoms with Crippen LogP contribution in [-0.2, 0) is 0 Å². The van der Waals surface area contributed by atoms with Gasteiger partial charge < -0.3 is 10.1 Å². The fourth-order valence-corrected chi connectivity index (χ4v) is 3.26. The fraction of sp³-hybridized carbons (Fsp3) is 0.176. The number of nitrogens with zero attached hydrogens (tertiary/aromatic N) is 2. The summed E-state index contributed by atoms with van der Waals surface area (Å²) in [7, 11) is 1.54. The molecule has 0 aliphatic rings. The molecule has 0 unspecified atom stereocenters. The summed E-state index contributed by atoms with van der Waals surface area (Å²) < 4.78 is 13.8. The number of anilines is 1. The predicted molar refractivity (Wildman–Crippen MR) is 104 cm³/mol. The summed E-state index contributed by atoms with van der Waals surface area (Å²) in [6.45, 7) is 3.82. The fourth-order valence-electron chi connectivity index (χ4n) is 2.53. The van der Waals surface area contributed by atoms with Gasteiger partial charge >= 0.3 is 0 Å². The third kappa shape index (κ3) is 3.45. The molecule has 2 N–H and O–H groups in total. The lowest BCUT2D eigenvalue weighted by atomic mass is 10.1. The van der Waals surface area contributed by atoms with Crippen molar-refractivity contribution >= 4 is 51.7 Å². The highest BCUT2D eigenvalue weighted by Gasteiger charge is 2.16. The van der Waals surface area contributed by atoms with E-state index in [1.807, 2.05) is 32.0 Å². The van der Waals surface area contributed by atoms with E-state index in [0.29, 0.717) is 11.3 Å². The quantitative estimate of drug-likeness (QED) is 0.686. The molecular formula is C17H16N4O2S2. The normalized spacial score (nSPS) is 10.5. The molecule has 1 amide bonds. The number of carbonyl (C=O) groups excluding carboxylic acids is 1. The van der Waals surface area contributed by atoms with Crippen molar-refractivity contribution in [3.8, 4) is 5.75 Å². The van der Waals surface area contributed by atoms with Crippen LogP contribution in [0.5, 0.6) is 5.75 Å². The summed E-state index contributed by atoms with van der Waals surface area (Å²) in [5.74, 6) is 0.198. The van der Waals surface area contributed by atoms with Crippen LogP contribution in [0.4, 0.5) is 5.69 Å². The van der Waals surface area contributed by atoms with Crippen LogP contribution >= 0.6 is 23.9 Å². The van der Waals surface area contributed by atoms with Crippen LogP contribution in [0.15, 0.2) is 30.3 Å². The number of thiocarbonyl (C=S) groups is 1. The van der Waals surface area contributed by atoms with Crippen LogP contribution in [0.1, 0.15) is 21.5 Å². The third-order valence-electron chi connectivity index (χ3n) is 3.76. The van der Waals surface area contributed by atoms with E-state index in [1.54, 1.807) is 12.1 Å². The van der Waals surface area contributed by atoms with Gasteiger partial charge in [0.25, 0.3) is 5.91 Å². The summed E-state index contributed by atoms with van der Waals surface area (Å²) in [5.41, 5.74) is 4.53. The maximum absolute atomic E-state index is 12.5. The molecule has 0 saturated heterocycles. The molecule has 25 heavy (non-hydrogen) atoms. The van der Waals surface area contributed by atoms with E-state index in [-0.39, 0.29) is 11.0 Å². The van der Waals surface area contributed by atoms with Crippen molar-refractivity contribution < 1.29 is 9.53 Å². The maximum atomic E-state index is 12.5. The smallest absolute Gasteiger partial charge is 0.261 e. The van der Waals surface area contributed by atoms with Crippen LogP contribution in [0.2, 0.25) is 0 Å². The zero-order chi connectivity index (χ0) is 18.0. The van der Waals surface area contributed by atoms with Gasteiger partial charge in [-0.2, -0.15) is 8.75 Å².